The van der Waals surface area contributed by atoms with Gasteiger partial charge in [-0.25, -0.2) is 0 Å². The Morgan fingerprint density at radius 1 is 1.24 bits per heavy atom. The van der Waals surface area contributed by atoms with Gasteiger partial charge in [0.2, 0.25) is 11.8 Å². The fourth-order valence-corrected chi connectivity index (χ4v) is 6.51. The van der Waals surface area contributed by atoms with Crippen LogP contribution in [0.1, 0.15) is 83.5 Å². The van der Waals surface area contributed by atoms with E-state index in [1.165, 1.54) is 0 Å². The number of ether oxygens (including phenoxy) is 1. The molecule has 5 rings (SSSR count). The molecule has 2 aliphatic heterocycles. The average Bonchev–Trinajstić information content (AvgIpc) is 3.55. The summed E-state index contributed by atoms with van der Waals surface area (Å²) in [6.07, 6.45) is 5.97. The highest BCUT2D eigenvalue weighted by atomic mass is 16.5. The molecular formula is C30H39N5O3. The van der Waals surface area contributed by atoms with Crippen molar-refractivity contribution in [3.05, 3.63) is 59.9 Å². The first-order chi connectivity index (χ1) is 18.1. The summed E-state index contributed by atoms with van der Waals surface area (Å²) in [6.45, 7) is 10.2. The van der Waals surface area contributed by atoms with E-state index in [4.69, 9.17) is 10.1 Å². The van der Waals surface area contributed by atoms with Crippen LogP contribution < -0.4 is 15.4 Å². The van der Waals surface area contributed by atoms with E-state index in [-0.39, 0.29) is 41.6 Å². The Kier molecular flexibility index (Phi) is 6.70. The molecule has 3 aliphatic rings. The van der Waals surface area contributed by atoms with Gasteiger partial charge in [0, 0.05) is 35.8 Å². The van der Waals surface area contributed by atoms with Crippen LogP contribution in [0.25, 0.3) is 0 Å². The maximum absolute atomic E-state index is 13.8. The zero-order valence-corrected chi connectivity index (χ0v) is 23.0. The van der Waals surface area contributed by atoms with Crippen molar-refractivity contribution in [1.29, 1.82) is 5.41 Å². The third-order valence-corrected chi connectivity index (χ3v) is 8.85. The van der Waals surface area contributed by atoms with Crippen LogP contribution in [0.5, 0.6) is 5.75 Å². The number of nitrogens with zero attached hydrogens (tertiary/aromatic N) is 2. The van der Waals surface area contributed by atoms with Gasteiger partial charge < -0.3 is 15.4 Å². The molecule has 3 N–H and O–H groups in total. The number of rotatable bonds is 7. The van der Waals surface area contributed by atoms with E-state index in [2.05, 4.69) is 22.5 Å². The maximum Gasteiger partial charge on any atom is 0.232 e. The molecule has 1 saturated heterocycles. The topological polar surface area (TPSA) is 107 Å². The number of para-hydroxylation sites is 1. The van der Waals surface area contributed by atoms with Crippen LogP contribution in [0.2, 0.25) is 0 Å². The highest BCUT2D eigenvalue weighted by Gasteiger charge is 2.59. The number of hydrogen-bond acceptors (Lipinski definition) is 5. The quantitative estimate of drug-likeness (QED) is 0.492. The molecule has 3 heterocycles. The molecule has 8 heteroatoms. The van der Waals surface area contributed by atoms with E-state index in [9.17, 15) is 9.59 Å². The van der Waals surface area contributed by atoms with E-state index in [0.717, 1.165) is 29.7 Å². The number of nitrogens with one attached hydrogen (secondary N) is 3. The number of benzene rings is 1. The van der Waals surface area contributed by atoms with Gasteiger partial charge in [0.05, 0.1) is 18.5 Å². The van der Waals surface area contributed by atoms with Crippen molar-refractivity contribution in [3.63, 3.8) is 0 Å². The zero-order valence-electron chi connectivity index (χ0n) is 23.0. The van der Waals surface area contributed by atoms with E-state index < -0.39 is 17.2 Å². The Labute approximate surface area is 225 Å². The zero-order chi connectivity index (χ0) is 27.2. The van der Waals surface area contributed by atoms with Crippen LogP contribution in [0.15, 0.2) is 48.8 Å². The third kappa shape index (κ3) is 4.65. The second-order valence-corrected chi connectivity index (χ2v) is 11.8. The summed E-state index contributed by atoms with van der Waals surface area (Å²) < 4.78 is 6.15. The van der Waals surface area contributed by atoms with Gasteiger partial charge in [-0.3, -0.25) is 24.9 Å². The van der Waals surface area contributed by atoms with Crippen molar-refractivity contribution in [2.75, 3.05) is 0 Å². The van der Waals surface area contributed by atoms with Gasteiger partial charge in [0.25, 0.3) is 0 Å². The Bertz CT molecular complexity index is 1210. The molecule has 2 aromatic rings. The van der Waals surface area contributed by atoms with Crippen LogP contribution in [0.3, 0.4) is 0 Å². The molecule has 4 unspecified atom stereocenters. The lowest BCUT2D eigenvalue weighted by molar-refractivity contribution is -0.134. The molecule has 0 bridgehead atoms. The van der Waals surface area contributed by atoms with Gasteiger partial charge in [-0.1, -0.05) is 45.0 Å². The first-order valence-electron chi connectivity index (χ1n) is 13.8. The minimum absolute atomic E-state index is 0.0192. The molecule has 1 aromatic heterocycles. The average molecular weight is 518 g/mol. The van der Waals surface area contributed by atoms with Gasteiger partial charge in [0.1, 0.15) is 11.4 Å². The first kappa shape index (κ1) is 26.2. The predicted molar refractivity (Wildman–Crippen MR) is 145 cm³/mol. The molecule has 1 aromatic carbocycles. The maximum atomic E-state index is 13.8. The molecule has 5 atom stereocenters. The van der Waals surface area contributed by atoms with E-state index >= 15 is 0 Å². The summed E-state index contributed by atoms with van der Waals surface area (Å²) in [5.74, 6) is 0.465. The van der Waals surface area contributed by atoms with Gasteiger partial charge >= 0.3 is 0 Å². The summed E-state index contributed by atoms with van der Waals surface area (Å²) in [6, 6.07) is 11.1. The molecule has 2 amide bonds. The highest BCUT2D eigenvalue weighted by Crippen LogP contribution is 2.56. The Hall–Kier alpha value is -3.42. The van der Waals surface area contributed by atoms with Gasteiger partial charge in [-0.05, 0) is 56.2 Å². The van der Waals surface area contributed by atoms with Gasteiger partial charge in [-0.15, -0.1) is 0 Å². The minimum atomic E-state index is -0.438. The monoisotopic (exact) mass is 517 g/mol. The number of amides is 2. The number of carbonyl (C=O) groups is 2. The summed E-state index contributed by atoms with van der Waals surface area (Å²) in [5, 5.41) is 15.5. The summed E-state index contributed by atoms with van der Waals surface area (Å²) >= 11 is 0. The molecule has 2 fully saturated rings. The number of hydrogen-bond donors (Lipinski definition) is 3. The smallest absolute Gasteiger partial charge is 0.232 e. The number of guanidine groups is 1. The molecule has 1 saturated carbocycles. The van der Waals surface area contributed by atoms with Gasteiger partial charge in [-0.2, -0.15) is 0 Å². The molecule has 0 spiro atoms. The number of fused-ring (bicyclic) bond motifs is 1. The Morgan fingerprint density at radius 3 is 2.63 bits per heavy atom. The van der Waals surface area contributed by atoms with Crippen LogP contribution in [0, 0.1) is 23.2 Å². The largest absolute Gasteiger partial charge is 0.487 e. The second kappa shape index (κ2) is 9.71. The van der Waals surface area contributed by atoms with E-state index in [1.807, 2.05) is 64.1 Å². The molecular weight excluding hydrogens is 478 g/mol. The highest BCUT2D eigenvalue weighted by molar-refractivity contribution is 6.00. The predicted octanol–water partition coefficient (Wildman–Crippen LogP) is 4.74. The van der Waals surface area contributed by atoms with Crippen molar-refractivity contribution in [2.24, 2.45) is 17.8 Å². The van der Waals surface area contributed by atoms with E-state index in [0.29, 0.717) is 12.8 Å². The lowest BCUT2D eigenvalue weighted by Crippen LogP contribution is -2.62. The van der Waals surface area contributed by atoms with Crippen molar-refractivity contribution in [1.82, 2.24) is 20.5 Å². The molecule has 0 radical (unpaired) electrons. The minimum Gasteiger partial charge on any atom is -0.487 e. The number of carbonyl (C=O) groups excluding carboxylic acids is 2. The van der Waals surface area contributed by atoms with Crippen molar-refractivity contribution < 1.29 is 14.3 Å². The molecule has 8 nitrogen and oxygen atoms in total. The first-order valence-corrected chi connectivity index (χ1v) is 13.8. The molecule has 202 valence electrons. The standard InChI is InChI=1S/C30H39N5O3/c1-6-30(7-2)16-23(36)35(28(31)34-30)26(19-11-10-14-32-17-19)24-18(3)25(24)27(37)33-21-15-29(4,5)38-22-13-9-8-12-20(21)22/h8-14,17-18,21,24-26H,6-7,15-16H2,1-5H3,(H2,31,34)(H,33,37)/t18?,21-,24?,25?,26?/m0/s1. The van der Waals surface area contributed by atoms with Crippen molar-refractivity contribution >= 4 is 17.8 Å². The summed E-state index contributed by atoms with van der Waals surface area (Å²) in [7, 11) is 0. The fourth-order valence-electron chi connectivity index (χ4n) is 6.51. The normalized spacial score (nSPS) is 28.0. The Balaban J connectivity index is 1.41. The summed E-state index contributed by atoms with van der Waals surface area (Å²) in [5.41, 5.74) is 1.03. The molecule has 38 heavy (non-hydrogen) atoms. The van der Waals surface area contributed by atoms with Crippen molar-refractivity contribution in [3.8, 4) is 5.75 Å². The van der Waals surface area contributed by atoms with E-state index in [1.54, 1.807) is 17.3 Å². The SMILES string of the molecule is CCC1(CC)CC(=O)N(C(c2cccnc2)C2C(C)C2C(=O)N[C@H]2CC(C)(C)Oc3ccccc32)C(=N)N1. The third-order valence-electron chi connectivity index (χ3n) is 8.85. The van der Waals surface area contributed by atoms with Gasteiger partial charge in [0.15, 0.2) is 5.96 Å². The Morgan fingerprint density at radius 2 is 1.97 bits per heavy atom. The van der Waals surface area contributed by atoms with Crippen LogP contribution >= 0.6 is 0 Å². The number of aromatic nitrogens is 1. The molecule has 1 aliphatic carbocycles. The summed E-state index contributed by atoms with van der Waals surface area (Å²) in [4.78, 5) is 33.2. The lowest BCUT2D eigenvalue weighted by Gasteiger charge is -2.45. The van der Waals surface area contributed by atoms with Crippen LogP contribution in [-0.4, -0.2) is 38.8 Å². The lowest BCUT2D eigenvalue weighted by atomic mass is 9.85. The number of pyridine rings is 1. The van der Waals surface area contributed by atoms with Crippen LogP contribution in [-0.2, 0) is 9.59 Å². The van der Waals surface area contributed by atoms with Crippen LogP contribution in [0.4, 0.5) is 0 Å². The fraction of sp³-hybridized carbons (Fsp3) is 0.533. The van der Waals surface area contributed by atoms with Crippen molar-refractivity contribution in [2.45, 2.75) is 83.5 Å². The second-order valence-electron chi connectivity index (χ2n) is 11.8.